The highest BCUT2D eigenvalue weighted by Gasteiger charge is 2.38. The molecule has 1 fully saturated rings. The Morgan fingerprint density at radius 3 is 2.80 bits per heavy atom. The molecule has 2 N–H and O–H groups in total. The van der Waals surface area contributed by atoms with Crippen molar-refractivity contribution in [1.82, 2.24) is 9.55 Å². The molecule has 160 valence electrons. The molecule has 0 saturated carbocycles. The van der Waals surface area contributed by atoms with Crippen LogP contribution in [0.25, 0.3) is 10.4 Å². The van der Waals surface area contributed by atoms with Crippen molar-refractivity contribution >= 4 is 19.4 Å². The molecule has 1 aliphatic heterocycles. The fourth-order valence-electron chi connectivity index (χ4n) is 2.85. The zero-order valence-corrected chi connectivity index (χ0v) is 17.2. The number of rotatable bonds is 7. The first kappa shape index (κ1) is 22.1. The number of hydrogen-bond donors (Lipinski definition) is 2. The minimum absolute atomic E-state index is 0.0670. The van der Waals surface area contributed by atoms with Gasteiger partial charge >= 0.3 is 13.5 Å². The zero-order chi connectivity index (χ0) is 21.9. The molecule has 30 heavy (non-hydrogen) atoms. The second kappa shape index (κ2) is 9.05. The molecular formula is C16H17ClN5O7P. The number of azide groups is 1. The predicted molar refractivity (Wildman–Crippen MR) is 105 cm³/mol. The van der Waals surface area contributed by atoms with Gasteiger partial charge < -0.3 is 9.26 Å². The van der Waals surface area contributed by atoms with Crippen LogP contribution in [0.2, 0.25) is 5.02 Å². The number of halogens is 1. The highest BCUT2D eigenvalue weighted by Crippen LogP contribution is 2.45. The highest BCUT2D eigenvalue weighted by atomic mass is 35.5. The molecule has 14 heteroatoms. The van der Waals surface area contributed by atoms with Crippen molar-refractivity contribution in [3.63, 3.8) is 0 Å². The van der Waals surface area contributed by atoms with Crippen LogP contribution >= 0.6 is 19.4 Å². The van der Waals surface area contributed by atoms with Crippen LogP contribution in [0.5, 0.6) is 5.75 Å². The maximum atomic E-state index is 12.2. The van der Waals surface area contributed by atoms with Crippen molar-refractivity contribution in [3.8, 4) is 5.75 Å². The summed E-state index contributed by atoms with van der Waals surface area (Å²) in [6.07, 6.45) is -0.383. The maximum Gasteiger partial charge on any atom is 0.527 e. The van der Waals surface area contributed by atoms with Crippen LogP contribution in [0.3, 0.4) is 0 Å². The lowest BCUT2D eigenvalue weighted by Crippen LogP contribution is -2.33. The molecule has 0 amide bonds. The van der Waals surface area contributed by atoms with Gasteiger partial charge in [-0.2, -0.15) is 0 Å². The third-order valence-electron chi connectivity index (χ3n) is 4.30. The molecule has 0 spiro atoms. The van der Waals surface area contributed by atoms with Gasteiger partial charge in [0, 0.05) is 28.1 Å². The number of nitrogens with zero attached hydrogens (tertiary/aromatic N) is 4. The Hall–Kier alpha value is -2.59. The predicted octanol–water partition coefficient (Wildman–Crippen LogP) is 2.66. The van der Waals surface area contributed by atoms with Crippen molar-refractivity contribution in [1.29, 1.82) is 0 Å². The van der Waals surface area contributed by atoms with Crippen LogP contribution in [0, 0.1) is 6.92 Å². The number of H-pyrrole nitrogens is 1. The number of nitrogens with one attached hydrogen (secondary N) is 1. The van der Waals surface area contributed by atoms with Crippen molar-refractivity contribution < 1.29 is 23.2 Å². The third kappa shape index (κ3) is 5.31. The third-order valence-corrected chi connectivity index (χ3v) is 5.47. The summed E-state index contributed by atoms with van der Waals surface area (Å²) in [5.41, 5.74) is 7.85. The Balaban J connectivity index is 1.71. The Labute approximate surface area is 174 Å². The van der Waals surface area contributed by atoms with E-state index in [9.17, 15) is 19.0 Å². The maximum absolute atomic E-state index is 12.2. The molecule has 1 aromatic heterocycles. The molecule has 2 unspecified atom stereocenters. The topological polar surface area (TPSA) is 169 Å². The Bertz CT molecular complexity index is 1130. The van der Waals surface area contributed by atoms with Gasteiger partial charge in [0.2, 0.25) is 0 Å². The SMILES string of the molecule is Cc1cn([C@H]2CC(N=[N+]=[N-])[C@@H](COP(=O)(O)Oc3ccc(Cl)cc3)O2)c(=O)[nH]c1=O. The molecule has 0 aliphatic carbocycles. The number of aromatic nitrogens is 2. The number of aromatic amines is 1. The van der Waals surface area contributed by atoms with Gasteiger partial charge in [-0.05, 0) is 36.7 Å². The highest BCUT2D eigenvalue weighted by molar-refractivity contribution is 7.47. The smallest absolute Gasteiger partial charge is 0.404 e. The average Bonchev–Trinajstić information content (AvgIpc) is 3.08. The lowest BCUT2D eigenvalue weighted by Gasteiger charge is -2.19. The molecule has 0 radical (unpaired) electrons. The van der Waals surface area contributed by atoms with E-state index in [1.54, 1.807) is 0 Å². The Morgan fingerprint density at radius 1 is 1.43 bits per heavy atom. The molecular weight excluding hydrogens is 441 g/mol. The minimum Gasteiger partial charge on any atom is -0.404 e. The summed E-state index contributed by atoms with van der Waals surface area (Å²) < 4.78 is 29.0. The summed E-state index contributed by atoms with van der Waals surface area (Å²) in [6, 6.07) is 4.95. The molecule has 0 bridgehead atoms. The largest absolute Gasteiger partial charge is 0.527 e. The molecule has 4 atom stereocenters. The monoisotopic (exact) mass is 457 g/mol. The number of ether oxygens (including phenoxy) is 1. The number of benzene rings is 1. The van der Waals surface area contributed by atoms with Crippen LogP contribution in [-0.2, 0) is 13.8 Å². The van der Waals surface area contributed by atoms with E-state index in [0.717, 1.165) is 4.57 Å². The lowest BCUT2D eigenvalue weighted by molar-refractivity contribution is -0.0263. The Kier molecular flexibility index (Phi) is 6.67. The van der Waals surface area contributed by atoms with Gasteiger partial charge in [-0.3, -0.25) is 23.8 Å². The van der Waals surface area contributed by atoms with Crippen LogP contribution < -0.4 is 15.8 Å². The van der Waals surface area contributed by atoms with E-state index in [1.807, 2.05) is 0 Å². The van der Waals surface area contributed by atoms with E-state index in [4.69, 9.17) is 30.9 Å². The minimum atomic E-state index is -4.52. The summed E-state index contributed by atoms with van der Waals surface area (Å²) in [6.45, 7) is 1.07. The fraction of sp³-hybridized carbons (Fsp3) is 0.375. The fourth-order valence-corrected chi connectivity index (χ4v) is 3.75. The van der Waals surface area contributed by atoms with Crippen LogP contribution in [-0.4, -0.2) is 33.2 Å². The molecule has 2 aromatic rings. The van der Waals surface area contributed by atoms with Crippen LogP contribution in [0.15, 0.2) is 45.2 Å². The van der Waals surface area contributed by atoms with E-state index >= 15 is 0 Å². The van der Waals surface area contributed by atoms with E-state index in [-0.39, 0.29) is 17.7 Å². The Morgan fingerprint density at radius 2 is 2.13 bits per heavy atom. The van der Waals surface area contributed by atoms with Crippen LogP contribution in [0.4, 0.5) is 0 Å². The standard InChI is InChI=1S/C16H17ClN5O7P/c1-9-7-22(16(24)19-15(9)23)14-6-12(20-21-18)13(28-14)8-27-30(25,26)29-11-4-2-10(17)3-5-11/h2-5,7,12-14H,6,8H2,1H3,(H,25,26)(H,19,23,24)/t12?,13-,14-/m1/s1. The summed E-state index contributed by atoms with van der Waals surface area (Å²) in [7, 11) is -4.52. The summed E-state index contributed by atoms with van der Waals surface area (Å²) in [4.78, 5) is 38.4. The normalized spacial score (nSPS) is 22.8. The first-order chi connectivity index (χ1) is 14.2. The molecule has 1 saturated heterocycles. The second-order valence-corrected chi connectivity index (χ2v) is 8.24. The van der Waals surface area contributed by atoms with Gasteiger partial charge in [0.05, 0.1) is 18.8 Å². The van der Waals surface area contributed by atoms with Gasteiger partial charge in [-0.15, -0.1) is 0 Å². The van der Waals surface area contributed by atoms with E-state index < -0.39 is 44.1 Å². The number of phosphoric ester groups is 1. The molecule has 3 rings (SSSR count). The van der Waals surface area contributed by atoms with Crippen molar-refractivity contribution in [2.45, 2.75) is 31.7 Å². The van der Waals surface area contributed by atoms with E-state index in [1.165, 1.54) is 37.4 Å². The number of phosphoric acid groups is 1. The first-order valence-corrected chi connectivity index (χ1v) is 10.5. The van der Waals surface area contributed by atoms with E-state index in [0.29, 0.717) is 5.02 Å². The summed E-state index contributed by atoms with van der Waals surface area (Å²) >= 11 is 5.75. The van der Waals surface area contributed by atoms with Gasteiger partial charge in [-0.1, -0.05) is 16.7 Å². The number of hydrogen-bond acceptors (Lipinski definition) is 7. The molecule has 1 aromatic carbocycles. The van der Waals surface area contributed by atoms with Crippen molar-refractivity contribution in [2.75, 3.05) is 6.61 Å². The van der Waals surface area contributed by atoms with Gasteiger partial charge in [-0.25, -0.2) is 9.36 Å². The van der Waals surface area contributed by atoms with Crippen LogP contribution in [0.1, 0.15) is 18.2 Å². The average molecular weight is 458 g/mol. The summed E-state index contributed by atoms with van der Waals surface area (Å²) in [5.74, 6) is 0.0670. The first-order valence-electron chi connectivity index (χ1n) is 8.63. The zero-order valence-electron chi connectivity index (χ0n) is 15.5. The lowest BCUT2D eigenvalue weighted by atomic mass is 10.1. The number of aryl methyl sites for hydroxylation is 1. The van der Waals surface area contributed by atoms with Crippen molar-refractivity contribution in [3.05, 3.63) is 72.3 Å². The van der Waals surface area contributed by atoms with Gasteiger partial charge in [0.15, 0.2) is 0 Å². The van der Waals surface area contributed by atoms with E-state index in [2.05, 4.69) is 15.0 Å². The van der Waals surface area contributed by atoms with Crippen molar-refractivity contribution in [2.24, 2.45) is 5.11 Å². The molecule has 2 heterocycles. The molecule has 1 aliphatic rings. The second-order valence-electron chi connectivity index (χ2n) is 6.43. The van der Waals surface area contributed by atoms with Gasteiger partial charge in [0.1, 0.15) is 12.0 Å². The van der Waals surface area contributed by atoms with Gasteiger partial charge in [0.25, 0.3) is 5.56 Å². The summed E-state index contributed by atoms with van der Waals surface area (Å²) in [5, 5.41) is 4.03. The molecule has 12 nitrogen and oxygen atoms in total. The quantitative estimate of drug-likeness (QED) is 0.278.